The molecule has 2 amide bonds. The van der Waals surface area contributed by atoms with Gasteiger partial charge in [0, 0.05) is 31.3 Å². The van der Waals surface area contributed by atoms with Gasteiger partial charge in [-0.2, -0.15) is 5.10 Å². The van der Waals surface area contributed by atoms with E-state index in [4.69, 9.17) is 16.3 Å². The van der Waals surface area contributed by atoms with Crippen molar-refractivity contribution in [2.75, 3.05) is 12.4 Å². The number of nitrogens with one attached hydrogen (secondary N) is 1. The minimum Gasteiger partial charge on any atom is -0.444 e. The summed E-state index contributed by atoms with van der Waals surface area (Å²) in [5.74, 6) is -0.329. The maximum atomic E-state index is 12.2. The molecule has 1 aromatic rings. The highest BCUT2D eigenvalue weighted by molar-refractivity contribution is 6.27. The van der Waals surface area contributed by atoms with Crippen LogP contribution in [0.4, 0.5) is 4.79 Å². The predicted octanol–water partition coefficient (Wildman–Crippen LogP) is 1.57. The van der Waals surface area contributed by atoms with Crippen molar-refractivity contribution in [2.45, 2.75) is 45.9 Å². The number of amides is 2. The van der Waals surface area contributed by atoms with E-state index in [9.17, 15) is 9.59 Å². The Kier molecular flexibility index (Phi) is 5.19. The third-order valence-electron chi connectivity index (χ3n) is 3.55. The van der Waals surface area contributed by atoms with E-state index < -0.39 is 5.60 Å². The zero-order valence-corrected chi connectivity index (χ0v) is 14.7. The van der Waals surface area contributed by atoms with Crippen molar-refractivity contribution < 1.29 is 14.3 Å². The summed E-state index contributed by atoms with van der Waals surface area (Å²) < 4.78 is 7.24. The summed E-state index contributed by atoms with van der Waals surface area (Å²) in [5, 5.41) is 7.16. The lowest BCUT2D eigenvalue weighted by atomic mass is 10.1. The molecule has 1 aliphatic rings. The smallest absolute Gasteiger partial charge is 0.410 e. The van der Waals surface area contributed by atoms with Gasteiger partial charge in [-0.1, -0.05) is 0 Å². The van der Waals surface area contributed by atoms with Crippen LogP contribution >= 0.6 is 11.6 Å². The van der Waals surface area contributed by atoms with Gasteiger partial charge in [-0.25, -0.2) is 4.79 Å². The molecule has 0 saturated carbocycles. The number of alkyl halides is 1. The van der Waals surface area contributed by atoms with Crippen LogP contribution in [-0.2, 0) is 36.1 Å². The molecule has 1 aromatic heterocycles. The lowest BCUT2D eigenvalue weighted by Gasteiger charge is -2.30. The van der Waals surface area contributed by atoms with Crippen molar-refractivity contribution in [1.82, 2.24) is 20.0 Å². The van der Waals surface area contributed by atoms with Crippen LogP contribution in [0, 0.1) is 0 Å². The molecule has 23 heavy (non-hydrogen) atoms. The van der Waals surface area contributed by atoms with Gasteiger partial charge in [0.15, 0.2) is 0 Å². The molecule has 0 spiro atoms. The Bertz CT molecular complexity index is 607. The highest BCUT2D eigenvalue weighted by Crippen LogP contribution is 2.23. The van der Waals surface area contributed by atoms with Gasteiger partial charge in [0.05, 0.1) is 18.8 Å². The number of hydrogen-bond donors (Lipinski definition) is 1. The number of ether oxygens (including phenoxy) is 1. The minimum atomic E-state index is -0.524. The Labute approximate surface area is 140 Å². The van der Waals surface area contributed by atoms with Crippen LogP contribution in [0.5, 0.6) is 0 Å². The number of aromatic nitrogens is 2. The molecule has 7 nitrogen and oxygen atoms in total. The summed E-state index contributed by atoms with van der Waals surface area (Å²) in [7, 11) is 1.87. The van der Waals surface area contributed by atoms with Gasteiger partial charge in [-0.15, -0.1) is 11.6 Å². The average Bonchev–Trinajstić information content (AvgIpc) is 2.79. The molecule has 128 valence electrons. The van der Waals surface area contributed by atoms with Crippen molar-refractivity contribution in [2.24, 2.45) is 7.05 Å². The van der Waals surface area contributed by atoms with E-state index >= 15 is 0 Å². The zero-order chi connectivity index (χ0) is 17.2. The third-order valence-corrected chi connectivity index (χ3v) is 3.79. The molecule has 2 rings (SSSR count). The van der Waals surface area contributed by atoms with Crippen LogP contribution in [0.2, 0.25) is 0 Å². The molecule has 1 N–H and O–H groups in total. The molecule has 0 atom stereocenters. The molecule has 0 bridgehead atoms. The van der Waals surface area contributed by atoms with Crippen LogP contribution in [0.1, 0.15) is 37.7 Å². The summed E-state index contributed by atoms with van der Waals surface area (Å²) >= 11 is 5.49. The second-order valence-corrected chi connectivity index (χ2v) is 6.83. The Morgan fingerprint density at radius 3 is 2.70 bits per heavy atom. The number of nitrogens with zero attached hydrogens (tertiary/aromatic N) is 3. The molecule has 0 fully saturated rings. The molecular weight excluding hydrogens is 320 g/mol. The van der Waals surface area contributed by atoms with Gasteiger partial charge < -0.3 is 15.0 Å². The van der Waals surface area contributed by atoms with E-state index in [-0.39, 0.29) is 17.9 Å². The summed E-state index contributed by atoms with van der Waals surface area (Å²) in [5.41, 5.74) is 2.29. The predicted molar refractivity (Wildman–Crippen MR) is 86.1 cm³/mol. The van der Waals surface area contributed by atoms with Gasteiger partial charge in [0.1, 0.15) is 11.5 Å². The summed E-state index contributed by atoms with van der Waals surface area (Å²) in [4.78, 5) is 25.2. The zero-order valence-electron chi connectivity index (χ0n) is 14.0. The van der Waals surface area contributed by atoms with Crippen LogP contribution in [0.15, 0.2) is 0 Å². The lowest BCUT2D eigenvalue weighted by Crippen LogP contribution is -2.40. The minimum absolute atomic E-state index is 0.0843. The van der Waals surface area contributed by atoms with Crippen LogP contribution < -0.4 is 5.32 Å². The van der Waals surface area contributed by atoms with E-state index in [0.717, 1.165) is 17.0 Å². The second kappa shape index (κ2) is 6.78. The van der Waals surface area contributed by atoms with Crippen molar-refractivity contribution in [3.05, 3.63) is 17.0 Å². The first-order chi connectivity index (χ1) is 10.7. The molecule has 8 heteroatoms. The molecule has 0 saturated heterocycles. The molecule has 1 aliphatic heterocycles. The fraction of sp³-hybridized carbons (Fsp3) is 0.667. The van der Waals surface area contributed by atoms with E-state index in [2.05, 4.69) is 10.4 Å². The highest BCUT2D eigenvalue weighted by atomic mass is 35.5. The molecular formula is C15H23ClN4O3. The van der Waals surface area contributed by atoms with E-state index in [1.54, 1.807) is 4.90 Å². The lowest BCUT2D eigenvalue weighted by molar-refractivity contribution is -0.118. The van der Waals surface area contributed by atoms with Gasteiger partial charge >= 0.3 is 6.09 Å². The number of aryl methyl sites for hydroxylation is 1. The Morgan fingerprint density at radius 1 is 1.39 bits per heavy atom. The van der Waals surface area contributed by atoms with Crippen molar-refractivity contribution in [3.63, 3.8) is 0 Å². The maximum Gasteiger partial charge on any atom is 0.410 e. The molecule has 0 aromatic carbocycles. The molecule has 0 aliphatic carbocycles. The largest absolute Gasteiger partial charge is 0.444 e. The Hall–Kier alpha value is -1.76. The number of rotatable bonds is 3. The number of halogens is 1. The third kappa shape index (κ3) is 4.37. The number of carbonyl (C=O) groups is 2. The van der Waals surface area contributed by atoms with Gasteiger partial charge in [-0.3, -0.25) is 9.48 Å². The van der Waals surface area contributed by atoms with E-state index in [1.165, 1.54) is 0 Å². The van der Waals surface area contributed by atoms with Gasteiger partial charge in [0.2, 0.25) is 5.91 Å². The fourth-order valence-electron chi connectivity index (χ4n) is 2.52. The van der Waals surface area contributed by atoms with Crippen molar-refractivity contribution in [3.8, 4) is 0 Å². The first-order valence-corrected chi connectivity index (χ1v) is 8.09. The van der Waals surface area contributed by atoms with Crippen molar-refractivity contribution >= 4 is 23.6 Å². The first-order valence-electron chi connectivity index (χ1n) is 7.55. The quantitative estimate of drug-likeness (QED) is 0.846. The Balaban J connectivity index is 2.12. The fourth-order valence-corrected chi connectivity index (χ4v) is 2.62. The monoisotopic (exact) mass is 342 g/mol. The summed E-state index contributed by atoms with van der Waals surface area (Å²) in [6.07, 6.45) is 0.379. The number of fused-ring (bicyclic) bond motifs is 1. The molecule has 0 radical (unpaired) electrons. The number of hydrogen-bond acceptors (Lipinski definition) is 4. The van der Waals surface area contributed by atoms with Crippen LogP contribution in [-0.4, -0.2) is 44.7 Å². The van der Waals surface area contributed by atoms with E-state index in [1.807, 2.05) is 32.5 Å². The summed E-state index contributed by atoms with van der Waals surface area (Å²) in [6, 6.07) is 0. The Morgan fingerprint density at radius 2 is 2.09 bits per heavy atom. The average molecular weight is 343 g/mol. The number of carbonyl (C=O) groups excluding carboxylic acids is 2. The second-order valence-electron chi connectivity index (χ2n) is 6.56. The van der Waals surface area contributed by atoms with Gasteiger partial charge in [-0.05, 0) is 20.8 Å². The van der Waals surface area contributed by atoms with Gasteiger partial charge in [0.25, 0.3) is 0 Å². The maximum absolute atomic E-state index is 12.2. The SMILES string of the molecule is Cn1nc(CNC(=O)CCl)c2c1CCN(C(=O)OC(C)(C)C)C2. The van der Waals surface area contributed by atoms with Crippen LogP contribution in [0.3, 0.4) is 0 Å². The standard InChI is InChI=1S/C15H23ClN4O3/c1-15(2,3)23-14(22)20-6-5-12-10(9-20)11(18-19(12)4)8-17-13(21)7-16/h5-9H2,1-4H3,(H,17,21). The topological polar surface area (TPSA) is 76.5 Å². The van der Waals surface area contributed by atoms with Crippen molar-refractivity contribution in [1.29, 1.82) is 0 Å². The van der Waals surface area contributed by atoms with E-state index in [0.29, 0.717) is 26.1 Å². The molecule has 0 unspecified atom stereocenters. The highest BCUT2D eigenvalue weighted by Gasteiger charge is 2.29. The first kappa shape index (κ1) is 17.6. The normalized spacial score (nSPS) is 14.4. The summed E-state index contributed by atoms with van der Waals surface area (Å²) in [6.45, 7) is 6.86. The van der Waals surface area contributed by atoms with Crippen LogP contribution in [0.25, 0.3) is 0 Å². The molecule has 2 heterocycles.